The predicted octanol–water partition coefficient (Wildman–Crippen LogP) is 4.09. The summed E-state index contributed by atoms with van der Waals surface area (Å²) in [5, 5.41) is 9.44. The first-order valence-corrected chi connectivity index (χ1v) is 6.48. The van der Waals surface area contributed by atoms with Crippen LogP contribution < -0.4 is 4.74 Å². The summed E-state index contributed by atoms with van der Waals surface area (Å²) in [6.07, 6.45) is 2.76. The predicted molar refractivity (Wildman–Crippen MR) is 71.3 cm³/mol. The third-order valence-corrected chi connectivity index (χ3v) is 3.25. The van der Waals surface area contributed by atoms with Crippen molar-refractivity contribution in [3.8, 4) is 5.75 Å². The maximum absolute atomic E-state index is 9.44. The average Bonchev–Trinajstić information content (AvgIpc) is 2.30. The summed E-state index contributed by atoms with van der Waals surface area (Å²) in [4.78, 5) is 0. The Labute approximate surface area is 105 Å². The number of aliphatic hydroxyl groups excluding tert-OH is 1. The molecule has 2 atom stereocenters. The zero-order chi connectivity index (χ0) is 12.9. The van der Waals surface area contributed by atoms with Gasteiger partial charge in [0.15, 0.2) is 0 Å². The Morgan fingerprint density at radius 1 is 1.24 bits per heavy atom. The van der Waals surface area contributed by atoms with E-state index >= 15 is 0 Å². The van der Waals surface area contributed by atoms with Gasteiger partial charge in [0.1, 0.15) is 11.4 Å². The van der Waals surface area contributed by atoms with Gasteiger partial charge in [-0.1, -0.05) is 32.4 Å². The summed E-state index contributed by atoms with van der Waals surface area (Å²) in [6, 6.07) is 7.71. The molecule has 1 rings (SSSR count). The van der Waals surface area contributed by atoms with Crippen molar-refractivity contribution in [2.45, 2.75) is 58.7 Å². The summed E-state index contributed by atoms with van der Waals surface area (Å²) >= 11 is 0. The van der Waals surface area contributed by atoms with Gasteiger partial charge in [0.25, 0.3) is 0 Å². The number of benzene rings is 1. The van der Waals surface area contributed by atoms with Gasteiger partial charge in [-0.2, -0.15) is 0 Å². The van der Waals surface area contributed by atoms with E-state index in [2.05, 4.69) is 20.8 Å². The summed E-state index contributed by atoms with van der Waals surface area (Å²) in [5.74, 6) is 0.882. The molecule has 1 aromatic carbocycles. The molecule has 0 fully saturated rings. The van der Waals surface area contributed by atoms with Crippen LogP contribution in [-0.2, 0) is 0 Å². The highest BCUT2D eigenvalue weighted by Crippen LogP contribution is 2.26. The average molecular weight is 236 g/mol. The molecule has 0 radical (unpaired) electrons. The van der Waals surface area contributed by atoms with Crippen LogP contribution >= 0.6 is 0 Å². The lowest BCUT2D eigenvalue weighted by atomic mass is 9.97. The van der Waals surface area contributed by atoms with E-state index in [1.165, 1.54) is 0 Å². The van der Waals surface area contributed by atoms with E-state index in [9.17, 15) is 5.11 Å². The van der Waals surface area contributed by atoms with Gasteiger partial charge >= 0.3 is 0 Å². The Bertz CT molecular complexity index is 329. The fourth-order valence-electron chi connectivity index (χ4n) is 1.93. The molecule has 0 aliphatic rings. The van der Waals surface area contributed by atoms with E-state index in [1.54, 1.807) is 6.92 Å². The second-order valence-corrected chi connectivity index (χ2v) is 4.90. The quantitative estimate of drug-likeness (QED) is 0.806. The highest BCUT2D eigenvalue weighted by atomic mass is 16.5. The zero-order valence-electron chi connectivity index (χ0n) is 11.4. The molecule has 1 aromatic rings. The van der Waals surface area contributed by atoms with Crippen LogP contribution in [0.5, 0.6) is 5.75 Å². The van der Waals surface area contributed by atoms with Gasteiger partial charge in [-0.05, 0) is 44.4 Å². The van der Waals surface area contributed by atoms with Crippen LogP contribution in [0.3, 0.4) is 0 Å². The molecular weight excluding hydrogens is 212 g/mol. The van der Waals surface area contributed by atoms with Crippen LogP contribution in [0.4, 0.5) is 0 Å². The van der Waals surface area contributed by atoms with Gasteiger partial charge in [-0.25, -0.2) is 0 Å². The lowest BCUT2D eigenvalue weighted by Gasteiger charge is -2.29. The minimum atomic E-state index is -0.419. The lowest BCUT2D eigenvalue weighted by molar-refractivity contribution is 0.0740. The first-order valence-electron chi connectivity index (χ1n) is 6.48. The molecule has 0 aliphatic carbocycles. The van der Waals surface area contributed by atoms with Gasteiger partial charge in [0, 0.05) is 0 Å². The number of ether oxygens (including phenoxy) is 1. The monoisotopic (exact) mass is 236 g/mol. The molecule has 2 unspecified atom stereocenters. The van der Waals surface area contributed by atoms with Crippen molar-refractivity contribution in [2.75, 3.05) is 0 Å². The number of hydrogen-bond donors (Lipinski definition) is 1. The van der Waals surface area contributed by atoms with Crippen molar-refractivity contribution >= 4 is 0 Å². The maximum Gasteiger partial charge on any atom is 0.120 e. The first kappa shape index (κ1) is 14.0. The largest absolute Gasteiger partial charge is 0.488 e. The molecule has 0 aliphatic heterocycles. The minimum absolute atomic E-state index is 0.0822. The zero-order valence-corrected chi connectivity index (χ0v) is 11.4. The van der Waals surface area contributed by atoms with E-state index in [0.717, 1.165) is 30.6 Å². The highest BCUT2D eigenvalue weighted by molar-refractivity contribution is 5.28. The van der Waals surface area contributed by atoms with Gasteiger partial charge in [0.2, 0.25) is 0 Å². The Balaban J connectivity index is 2.73. The van der Waals surface area contributed by atoms with Crippen molar-refractivity contribution in [2.24, 2.45) is 0 Å². The molecule has 17 heavy (non-hydrogen) atoms. The molecule has 1 N–H and O–H groups in total. The molecule has 2 nitrogen and oxygen atoms in total. The van der Waals surface area contributed by atoms with E-state index in [4.69, 9.17) is 4.74 Å². The number of hydrogen-bond acceptors (Lipinski definition) is 2. The molecule has 0 heterocycles. The van der Waals surface area contributed by atoms with E-state index < -0.39 is 6.10 Å². The fourth-order valence-corrected chi connectivity index (χ4v) is 1.93. The van der Waals surface area contributed by atoms with Gasteiger partial charge in [-0.3, -0.25) is 0 Å². The van der Waals surface area contributed by atoms with Crippen molar-refractivity contribution in [1.29, 1.82) is 0 Å². The first-order chi connectivity index (χ1) is 8.00. The van der Waals surface area contributed by atoms with Crippen LogP contribution in [0, 0.1) is 0 Å². The standard InChI is InChI=1S/C15H24O2/c1-5-11-15(4,6-2)17-14-9-7-13(8-10-14)12(3)16/h7-10,12,16H,5-6,11H2,1-4H3. The molecule has 96 valence electrons. The van der Waals surface area contributed by atoms with Crippen molar-refractivity contribution < 1.29 is 9.84 Å². The van der Waals surface area contributed by atoms with E-state index in [1.807, 2.05) is 24.3 Å². The van der Waals surface area contributed by atoms with Gasteiger partial charge < -0.3 is 9.84 Å². The van der Waals surface area contributed by atoms with E-state index in [-0.39, 0.29) is 5.60 Å². The van der Waals surface area contributed by atoms with Crippen molar-refractivity contribution in [3.05, 3.63) is 29.8 Å². The van der Waals surface area contributed by atoms with Crippen LogP contribution in [0.2, 0.25) is 0 Å². The number of aliphatic hydroxyl groups is 1. The molecule has 0 spiro atoms. The van der Waals surface area contributed by atoms with E-state index in [0.29, 0.717) is 0 Å². The molecule has 2 heteroatoms. The minimum Gasteiger partial charge on any atom is -0.488 e. The highest BCUT2D eigenvalue weighted by Gasteiger charge is 2.22. The molecule has 0 saturated carbocycles. The topological polar surface area (TPSA) is 29.5 Å². The van der Waals surface area contributed by atoms with Crippen molar-refractivity contribution in [3.63, 3.8) is 0 Å². The third kappa shape index (κ3) is 4.04. The Morgan fingerprint density at radius 3 is 2.24 bits per heavy atom. The smallest absolute Gasteiger partial charge is 0.120 e. The molecule has 0 bridgehead atoms. The maximum atomic E-state index is 9.44. The fraction of sp³-hybridized carbons (Fsp3) is 0.600. The lowest BCUT2D eigenvalue weighted by Crippen LogP contribution is -2.31. The molecule has 0 saturated heterocycles. The molecular formula is C15H24O2. The second-order valence-electron chi connectivity index (χ2n) is 4.90. The van der Waals surface area contributed by atoms with Gasteiger partial charge in [0.05, 0.1) is 6.10 Å². The summed E-state index contributed by atoms with van der Waals surface area (Å²) in [6.45, 7) is 8.25. The summed E-state index contributed by atoms with van der Waals surface area (Å²) in [5.41, 5.74) is 0.840. The Morgan fingerprint density at radius 2 is 1.82 bits per heavy atom. The van der Waals surface area contributed by atoms with Crippen LogP contribution in [-0.4, -0.2) is 10.7 Å². The van der Waals surface area contributed by atoms with Crippen LogP contribution in [0.1, 0.15) is 58.6 Å². The van der Waals surface area contributed by atoms with Crippen LogP contribution in [0.15, 0.2) is 24.3 Å². The normalized spacial score (nSPS) is 16.3. The molecule has 0 aromatic heterocycles. The van der Waals surface area contributed by atoms with Crippen LogP contribution in [0.25, 0.3) is 0 Å². The Kier molecular flexibility index (Phi) is 5.01. The summed E-state index contributed by atoms with van der Waals surface area (Å²) in [7, 11) is 0. The molecule has 0 amide bonds. The summed E-state index contributed by atoms with van der Waals surface area (Å²) < 4.78 is 6.04. The second kappa shape index (κ2) is 6.06. The Hall–Kier alpha value is -1.02. The van der Waals surface area contributed by atoms with Gasteiger partial charge in [-0.15, -0.1) is 0 Å². The van der Waals surface area contributed by atoms with Crippen molar-refractivity contribution in [1.82, 2.24) is 0 Å². The third-order valence-electron chi connectivity index (χ3n) is 3.25. The SMILES string of the molecule is CCCC(C)(CC)Oc1ccc(C(C)O)cc1. The number of rotatable bonds is 6.